The van der Waals surface area contributed by atoms with Crippen LogP contribution in [0.5, 0.6) is 0 Å². The van der Waals surface area contributed by atoms with E-state index in [1.807, 2.05) is 18.4 Å². The van der Waals surface area contributed by atoms with Gasteiger partial charge in [0.1, 0.15) is 0 Å². The highest BCUT2D eigenvalue weighted by Crippen LogP contribution is 2.09. The van der Waals surface area contributed by atoms with Crippen molar-refractivity contribution in [2.45, 2.75) is 6.92 Å². The van der Waals surface area contributed by atoms with E-state index < -0.39 is 0 Å². The van der Waals surface area contributed by atoms with Gasteiger partial charge in [0, 0.05) is 11.3 Å². The standard InChI is InChI=1S/C12H15NO2S/c1-9(14)10-3-5-11(6-4-10)13-7-12(15)8-16-2/h3-6,13H,7-8H2,1-2H3. The number of rotatable bonds is 6. The first-order chi connectivity index (χ1) is 7.63. The second-order valence-corrected chi connectivity index (χ2v) is 4.32. The lowest BCUT2D eigenvalue weighted by Crippen LogP contribution is -2.15. The molecule has 0 heterocycles. The summed E-state index contributed by atoms with van der Waals surface area (Å²) in [7, 11) is 0. The number of benzene rings is 1. The topological polar surface area (TPSA) is 46.2 Å². The fraction of sp³-hybridized carbons (Fsp3) is 0.333. The molecule has 0 aromatic heterocycles. The van der Waals surface area contributed by atoms with E-state index >= 15 is 0 Å². The van der Waals surface area contributed by atoms with Crippen LogP contribution in [0.25, 0.3) is 0 Å². The zero-order valence-corrected chi connectivity index (χ0v) is 10.3. The second-order valence-electron chi connectivity index (χ2n) is 3.46. The van der Waals surface area contributed by atoms with Gasteiger partial charge >= 0.3 is 0 Å². The Hall–Kier alpha value is -1.29. The van der Waals surface area contributed by atoms with Gasteiger partial charge in [0.2, 0.25) is 0 Å². The SMILES string of the molecule is CSCC(=O)CNc1ccc(C(C)=O)cc1. The van der Waals surface area contributed by atoms with Gasteiger partial charge in [0.05, 0.1) is 12.3 Å². The zero-order chi connectivity index (χ0) is 12.0. The van der Waals surface area contributed by atoms with Gasteiger partial charge in [-0.25, -0.2) is 0 Å². The second kappa shape index (κ2) is 6.33. The Labute approximate surface area is 99.6 Å². The summed E-state index contributed by atoms with van der Waals surface area (Å²) in [6.45, 7) is 1.87. The molecular formula is C12H15NO2S. The summed E-state index contributed by atoms with van der Waals surface area (Å²) in [6.07, 6.45) is 1.90. The summed E-state index contributed by atoms with van der Waals surface area (Å²) in [5.74, 6) is 0.742. The summed E-state index contributed by atoms with van der Waals surface area (Å²) >= 11 is 1.52. The minimum atomic E-state index is 0.0463. The molecule has 1 rings (SSSR count). The van der Waals surface area contributed by atoms with E-state index in [1.54, 1.807) is 12.1 Å². The lowest BCUT2D eigenvalue weighted by Gasteiger charge is -2.05. The van der Waals surface area contributed by atoms with Gasteiger partial charge in [-0.2, -0.15) is 11.8 Å². The number of carbonyl (C=O) groups excluding carboxylic acids is 2. The number of hydrogen-bond donors (Lipinski definition) is 1. The molecule has 16 heavy (non-hydrogen) atoms. The first-order valence-corrected chi connectivity index (χ1v) is 6.38. The van der Waals surface area contributed by atoms with Crippen molar-refractivity contribution >= 4 is 29.0 Å². The van der Waals surface area contributed by atoms with Crippen LogP contribution in [0.3, 0.4) is 0 Å². The monoisotopic (exact) mass is 237 g/mol. The first-order valence-electron chi connectivity index (χ1n) is 4.99. The summed E-state index contributed by atoms with van der Waals surface area (Å²) in [6, 6.07) is 7.12. The van der Waals surface area contributed by atoms with Gasteiger partial charge in [-0.05, 0) is 37.4 Å². The molecule has 0 atom stereocenters. The van der Waals surface area contributed by atoms with Crippen molar-refractivity contribution in [2.24, 2.45) is 0 Å². The highest BCUT2D eigenvalue weighted by molar-refractivity contribution is 7.99. The number of anilines is 1. The Kier molecular flexibility index (Phi) is 5.05. The van der Waals surface area contributed by atoms with Crippen LogP contribution in [0.1, 0.15) is 17.3 Å². The van der Waals surface area contributed by atoms with E-state index in [1.165, 1.54) is 18.7 Å². The number of thioether (sulfide) groups is 1. The smallest absolute Gasteiger partial charge is 0.161 e. The number of carbonyl (C=O) groups is 2. The van der Waals surface area contributed by atoms with Gasteiger partial charge in [0.15, 0.2) is 11.6 Å². The third-order valence-corrected chi connectivity index (χ3v) is 2.70. The highest BCUT2D eigenvalue weighted by atomic mass is 32.2. The van der Waals surface area contributed by atoms with E-state index in [2.05, 4.69) is 5.32 Å². The molecule has 0 saturated carbocycles. The van der Waals surface area contributed by atoms with Crippen LogP contribution in [-0.2, 0) is 4.79 Å². The van der Waals surface area contributed by atoms with Crippen molar-refractivity contribution < 1.29 is 9.59 Å². The summed E-state index contributed by atoms with van der Waals surface area (Å²) in [5, 5.41) is 3.02. The number of Topliss-reactive ketones (excluding diaryl/α,β-unsaturated/α-hetero) is 2. The molecule has 0 aliphatic rings. The van der Waals surface area contributed by atoms with Crippen molar-refractivity contribution in [3.63, 3.8) is 0 Å². The number of nitrogens with one attached hydrogen (secondary N) is 1. The average molecular weight is 237 g/mol. The van der Waals surface area contributed by atoms with Crippen LogP contribution in [-0.4, -0.2) is 30.1 Å². The normalized spacial score (nSPS) is 9.88. The van der Waals surface area contributed by atoms with Crippen molar-refractivity contribution in [2.75, 3.05) is 23.9 Å². The molecule has 0 amide bonds. The van der Waals surface area contributed by atoms with Gasteiger partial charge in [-0.1, -0.05) is 0 Å². The fourth-order valence-electron chi connectivity index (χ4n) is 1.24. The van der Waals surface area contributed by atoms with E-state index in [0.717, 1.165) is 5.69 Å². The van der Waals surface area contributed by atoms with Crippen molar-refractivity contribution in [1.29, 1.82) is 0 Å². The maximum atomic E-state index is 11.3. The molecule has 3 nitrogen and oxygen atoms in total. The summed E-state index contributed by atoms with van der Waals surface area (Å²) in [4.78, 5) is 22.3. The molecule has 0 spiro atoms. The molecular weight excluding hydrogens is 222 g/mol. The van der Waals surface area contributed by atoms with Gasteiger partial charge in [-0.15, -0.1) is 0 Å². The Morgan fingerprint density at radius 3 is 2.38 bits per heavy atom. The third kappa shape index (κ3) is 4.06. The molecule has 0 radical (unpaired) electrons. The molecule has 1 N–H and O–H groups in total. The molecule has 1 aromatic rings. The predicted octanol–water partition coefficient (Wildman–Crippen LogP) is 2.23. The lowest BCUT2D eigenvalue weighted by molar-refractivity contribution is -0.115. The Balaban J connectivity index is 2.49. The third-order valence-electron chi connectivity index (χ3n) is 2.09. The van der Waals surface area contributed by atoms with Gasteiger partial charge < -0.3 is 5.32 Å². The van der Waals surface area contributed by atoms with E-state index in [-0.39, 0.29) is 11.6 Å². The van der Waals surface area contributed by atoms with Crippen LogP contribution < -0.4 is 5.32 Å². The molecule has 0 aliphatic heterocycles. The van der Waals surface area contributed by atoms with Crippen LogP contribution in [0, 0.1) is 0 Å². The molecule has 0 aliphatic carbocycles. The lowest BCUT2D eigenvalue weighted by atomic mass is 10.1. The maximum absolute atomic E-state index is 11.3. The van der Waals surface area contributed by atoms with Crippen LogP contribution in [0.2, 0.25) is 0 Å². The molecule has 0 fully saturated rings. The molecule has 4 heteroatoms. The molecule has 86 valence electrons. The average Bonchev–Trinajstić information content (AvgIpc) is 2.27. The predicted molar refractivity (Wildman–Crippen MR) is 68.3 cm³/mol. The van der Waals surface area contributed by atoms with Crippen molar-refractivity contribution in [3.8, 4) is 0 Å². The van der Waals surface area contributed by atoms with Crippen LogP contribution in [0.4, 0.5) is 5.69 Å². The maximum Gasteiger partial charge on any atom is 0.161 e. The first kappa shape index (κ1) is 12.8. The molecule has 0 saturated heterocycles. The Bertz CT molecular complexity index is 373. The van der Waals surface area contributed by atoms with E-state index in [4.69, 9.17) is 0 Å². The van der Waals surface area contributed by atoms with Crippen LogP contribution >= 0.6 is 11.8 Å². The van der Waals surface area contributed by atoms with Gasteiger partial charge in [-0.3, -0.25) is 9.59 Å². The summed E-state index contributed by atoms with van der Waals surface area (Å²) < 4.78 is 0. The quantitative estimate of drug-likeness (QED) is 0.771. The van der Waals surface area contributed by atoms with Crippen molar-refractivity contribution in [1.82, 2.24) is 0 Å². The molecule has 0 bridgehead atoms. The van der Waals surface area contributed by atoms with Crippen LogP contribution in [0.15, 0.2) is 24.3 Å². The Morgan fingerprint density at radius 1 is 1.25 bits per heavy atom. The largest absolute Gasteiger partial charge is 0.378 e. The highest BCUT2D eigenvalue weighted by Gasteiger charge is 2.01. The van der Waals surface area contributed by atoms with E-state index in [0.29, 0.717) is 17.9 Å². The molecule has 1 aromatic carbocycles. The van der Waals surface area contributed by atoms with E-state index in [9.17, 15) is 9.59 Å². The fourth-order valence-corrected chi connectivity index (χ4v) is 1.66. The van der Waals surface area contributed by atoms with Crippen molar-refractivity contribution in [3.05, 3.63) is 29.8 Å². The Morgan fingerprint density at radius 2 is 1.88 bits per heavy atom. The minimum absolute atomic E-state index is 0.0463. The summed E-state index contributed by atoms with van der Waals surface area (Å²) in [5.41, 5.74) is 1.54. The zero-order valence-electron chi connectivity index (χ0n) is 9.45. The number of ketones is 2. The van der Waals surface area contributed by atoms with Gasteiger partial charge in [0.25, 0.3) is 0 Å². The molecule has 0 unspecified atom stereocenters. The number of hydrogen-bond acceptors (Lipinski definition) is 4. The minimum Gasteiger partial charge on any atom is -0.378 e.